The molecule has 3 rings (SSSR count). The monoisotopic (exact) mass is 502 g/mol. The van der Waals surface area contributed by atoms with Crippen molar-refractivity contribution in [3.8, 4) is 0 Å². The molecule has 13 nitrogen and oxygen atoms in total. The van der Waals surface area contributed by atoms with Crippen LogP contribution in [0.15, 0.2) is 29.1 Å². The second-order valence-electron chi connectivity index (χ2n) is 8.42. The number of aromatic nitrogens is 4. The maximum absolute atomic E-state index is 12.8. The van der Waals surface area contributed by atoms with Gasteiger partial charge in [-0.15, -0.1) is 0 Å². The Labute approximate surface area is 209 Å². The van der Waals surface area contributed by atoms with Crippen LogP contribution in [0.3, 0.4) is 0 Å². The maximum atomic E-state index is 12.8. The third-order valence-electron chi connectivity index (χ3n) is 6.14. The molecule has 36 heavy (non-hydrogen) atoms. The standard InChI is InChI=1S/C23H34N8O5/c1-4-20(32)31(18-8-6-17(7-9-18)25-22(34)24-16-21(33)36-3)19-10-12-28(13-11-19)14-15-30-23(35)29(5-2)26-27-30/h6-9,19H,4-5,10-16H2,1-3H3,(H2,24,25,34). The van der Waals surface area contributed by atoms with Gasteiger partial charge in [0.15, 0.2) is 0 Å². The lowest BCUT2D eigenvalue weighted by Crippen LogP contribution is -2.48. The lowest BCUT2D eigenvalue weighted by molar-refractivity contribution is -0.139. The number of rotatable bonds is 10. The number of aryl methyl sites for hydroxylation is 1. The van der Waals surface area contributed by atoms with Crippen molar-refractivity contribution in [2.45, 2.75) is 52.2 Å². The summed E-state index contributed by atoms with van der Waals surface area (Å²) >= 11 is 0. The first-order valence-electron chi connectivity index (χ1n) is 12.1. The van der Waals surface area contributed by atoms with Crippen LogP contribution in [-0.4, -0.2) is 81.9 Å². The molecule has 196 valence electrons. The average Bonchev–Trinajstić information content (AvgIpc) is 3.26. The predicted molar refractivity (Wildman–Crippen MR) is 133 cm³/mol. The Hall–Kier alpha value is -3.74. The number of hydrogen-bond donors (Lipinski definition) is 2. The van der Waals surface area contributed by atoms with Crippen LogP contribution in [-0.2, 0) is 27.4 Å². The largest absolute Gasteiger partial charge is 0.468 e. The lowest BCUT2D eigenvalue weighted by Gasteiger charge is -2.38. The first kappa shape index (κ1) is 26.9. The molecule has 1 aliphatic heterocycles. The average molecular weight is 503 g/mol. The number of nitrogens with zero attached hydrogens (tertiary/aromatic N) is 6. The molecular formula is C23H34N8O5. The molecule has 2 N–H and O–H groups in total. The Morgan fingerprint density at radius 1 is 1.06 bits per heavy atom. The minimum absolute atomic E-state index is 0.0349. The zero-order valence-electron chi connectivity index (χ0n) is 21.0. The molecule has 1 aromatic heterocycles. The van der Waals surface area contributed by atoms with Gasteiger partial charge in [0.1, 0.15) is 6.54 Å². The molecule has 13 heteroatoms. The zero-order valence-corrected chi connectivity index (χ0v) is 21.0. The van der Waals surface area contributed by atoms with E-state index >= 15 is 0 Å². The summed E-state index contributed by atoms with van der Waals surface area (Å²) in [5.74, 6) is -0.508. The number of carbonyl (C=O) groups is 3. The number of likely N-dealkylation sites (tertiary alicyclic amines) is 1. The molecule has 2 aromatic rings. The van der Waals surface area contributed by atoms with Crippen LogP contribution in [0.1, 0.15) is 33.1 Å². The van der Waals surface area contributed by atoms with Crippen LogP contribution >= 0.6 is 0 Å². The number of anilines is 2. The van der Waals surface area contributed by atoms with Crippen LogP contribution < -0.4 is 21.2 Å². The Kier molecular flexibility index (Phi) is 9.56. The summed E-state index contributed by atoms with van der Waals surface area (Å²) in [6, 6.07) is 6.58. The van der Waals surface area contributed by atoms with Crippen molar-refractivity contribution < 1.29 is 19.1 Å². The molecule has 1 fully saturated rings. The van der Waals surface area contributed by atoms with Crippen LogP contribution in [0.5, 0.6) is 0 Å². The number of urea groups is 1. The molecule has 0 saturated carbocycles. The summed E-state index contributed by atoms with van der Waals surface area (Å²) in [6.45, 7) is 6.72. The van der Waals surface area contributed by atoms with E-state index in [1.165, 1.54) is 16.5 Å². The van der Waals surface area contributed by atoms with E-state index in [-0.39, 0.29) is 24.2 Å². The lowest BCUT2D eigenvalue weighted by atomic mass is 10.0. The Bertz CT molecular complexity index is 1090. The van der Waals surface area contributed by atoms with E-state index in [0.29, 0.717) is 31.7 Å². The summed E-state index contributed by atoms with van der Waals surface area (Å²) in [5, 5.41) is 12.8. The fourth-order valence-electron chi connectivity index (χ4n) is 4.12. The molecule has 1 aliphatic rings. The number of amides is 3. The minimum atomic E-state index is -0.543. The Balaban J connectivity index is 1.56. The highest BCUT2D eigenvalue weighted by molar-refractivity contribution is 5.95. The van der Waals surface area contributed by atoms with E-state index in [1.807, 2.05) is 18.7 Å². The van der Waals surface area contributed by atoms with Crippen LogP contribution in [0.4, 0.5) is 16.2 Å². The van der Waals surface area contributed by atoms with Crippen molar-refractivity contribution in [2.24, 2.45) is 0 Å². The van der Waals surface area contributed by atoms with Crippen LogP contribution in [0.2, 0.25) is 0 Å². The Morgan fingerprint density at radius 2 is 1.72 bits per heavy atom. The number of ether oxygens (including phenoxy) is 1. The summed E-state index contributed by atoms with van der Waals surface area (Å²) in [5.41, 5.74) is 1.10. The summed E-state index contributed by atoms with van der Waals surface area (Å²) in [6.07, 6.45) is 1.99. The number of tetrazole rings is 1. The molecule has 0 bridgehead atoms. The van der Waals surface area contributed by atoms with Gasteiger partial charge in [-0.1, -0.05) is 6.92 Å². The van der Waals surface area contributed by atoms with Gasteiger partial charge in [0, 0.05) is 50.0 Å². The smallest absolute Gasteiger partial charge is 0.363 e. The van der Waals surface area contributed by atoms with E-state index < -0.39 is 12.0 Å². The van der Waals surface area contributed by atoms with Crippen molar-refractivity contribution >= 4 is 29.3 Å². The molecule has 0 radical (unpaired) electrons. The highest BCUT2D eigenvalue weighted by atomic mass is 16.5. The third-order valence-corrected chi connectivity index (χ3v) is 6.14. The van der Waals surface area contributed by atoms with E-state index in [0.717, 1.165) is 31.6 Å². The molecule has 0 aliphatic carbocycles. The van der Waals surface area contributed by atoms with Crippen LogP contribution in [0, 0.1) is 0 Å². The summed E-state index contributed by atoms with van der Waals surface area (Å²) < 4.78 is 7.20. The summed E-state index contributed by atoms with van der Waals surface area (Å²) in [7, 11) is 1.25. The second kappa shape index (κ2) is 12.8. The number of esters is 1. The van der Waals surface area contributed by atoms with E-state index in [4.69, 9.17) is 0 Å². The van der Waals surface area contributed by atoms with Gasteiger partial charge in [-0.3, -0.25) is 9.59 Å². The molecular weight excluding hydrogens is 468 g/mol. The molecule has 3 amide bonds. The topological polar surface area (TPSA) is 144 Å². The third kappa shape index (κ3) is 6.90. The normalized spacial score (nSPS) is 14.3. The van der Waals surface area contributed by atoms with Gasteiger partial charge in [-0.2, -0.15) is 9.36 Å². The van der Waals surface area contributed by atoms with E-state index in [2.05, 4.69) is 30.7 Å². The Morgan fingerprint density at radius 3 is 2.31 bits per heavy atom. The van der Waals surface area contributed by atoms with Gasteiger partial charge in [-0.05, 0) is 54.5 Å². The number of nitrogens with one attached hydrogen (secondary N) is 2. The highest BCUT2D eigenvalue weighted by Crippen LogP contribution is 2.26. The van der Waals surface area contributed by atoms with Crippen molar-refractivity contribution in [3.05, 3.63) is 34.7 Å². The van der Waals surface area contributed by atoms with Gasteiger partial charge in [0.25, 0.3) is 0 Å². The first-order valence-corrected chi connectivity index (χ1v) is 12.1. The predicted octanol–water partition coefficient (Wildman–Crippen LogP) is 0.662. The first-order chi connectivity index (χ1) is 17.4. The number of benzene rings is 1. The second-order valence-corrected chi connectivity index (χ2v) is 8.42. The van der Waals surface area contributed by atoms with E-state index in [1.54, 1.807) is 24.3 Å². The number of hydrogen-bond acceptors (Lipinski definition) is 8. The van der Waals surface area contributed by atoms with Gasteiger partial charge in [0.05, 0.1) is 13.7 Å². The van der Waals surface area contributed by atoms with Crippen molar-refractivity contribution in [3.63, 3.8) is 0 Å². The van der Waals surface area contributed by atoms with Gasteiger partial charge in [-0.25, -0.2) is 9.59 Å². The fraction of sp³-hybridized carbons (Fsp3) is 0.565. The van der Waals surface area contributed by atoms with Gasteiger partial charge >= 0.3 is 17.7 Å². The van der Waals surface area contributed by atoms with Crippen molar-refractivity contribution in [1.82, 2.24) is 30.0 Å². The van der Waals surface area contributed by atoms with Gasteiger partial charge in [0.2, 0.25) is 5.91 Å². The van der Waals surface area contributed by atoms with Crippen molar-refractivity contribution in [2.75, 3.05) is 43.5 Å². The highest BCUT2D eigenvalue weighted by Gasteiger charge is 2.28. The maximum Gasteiger partial charge on any atom is 0.363 e. The molecule has 0 unspecified atom stereocenters. The minimum Gasteiger partial charge on any atom is -0.468 e. The number of piperidine rings is 1. The van der Waals surface area contributed by atoms with Crippen molar-refractivity contribution in [1.29, 1.82) is 0 Å². The van der Waals surface area contributed by atoms with Crippen LogP contribution in [0.25, 0.3) is 0 Å². The zero-order chi connectivity index (χ0) is 26.1. The molecule has 1 aromatic carbocycles. The quantitative estimate of drug-likeness (QED) is 0.451. The fourth-order valence-corrected chi connectivity index (χ4v) is 4.12. The van der Waals surface area contributed by atoms with E-state index in [9.17, 15) is 19.2 Å². The molecule has 0 spiro atoms. The number of methoxy groups -OCH3 is 1. The molecule has 1 saturated heterocycles. The molecule has 0 atom stereocenters. The SMILES string of the molecule is CCC(=O)N(c1ccc(NC(=O)NCC(=O)OC)cc1)C1CCN(CCn2nnn(CC)c2=O)CC1. The summed E-state index contributed by atoms with van der Waals surface area (Å²) in [4.78, 5) is 52.2. The number of carbonyl (C=O) groups excluding carboxylic acids is 3. The van der Waals surface area contributed by atoms with Gasteiger partial charge < -0.3 is 25.2 Å². The molecule has 2 heterocycles.